The third-order valence-electron chi connectivity index (χ3n) is 5.10. The highest BCUT2D eigenvalue weighted by molar-refractivity contribution is 5.79. The predicted molar refractivity (Wildman–Crippen MR) is 121 cm³/mol. The van der Waals surface area contributed by atoms with Gasteiger partial charge in [0.2, 0.25) is 5.89 Å². The van der Waals surface area contributed by atoms with E-state index in [4.69, 9.17) is 9.41 Å². The van der Waals surface area contributed by atoms with Gasteiger partial charge in [-0.25, -0.2) is 15.0 Å². The van der Waals surface area contributed by atoms with E-state index < -0.39 is 0 Å². The van der Waals surface area contributed by atoms with E-state index in [0.29, 0.717) is 19.0 Å². The summed E-state index contributed by atoms with van der Waals surface area (Å²) in [7, 11) is 2.16. The number of likely N-dealkylation sites (N-methyl/N-ethyl adjacent to an activating group) is 1. The summed E-state index contributed by atoms with van der Waals surface area (Å²) in [5.41, 5.74) is 1.09. The summed E-state index contributed by atoms with van der Waals surface area (Å²) in [6.07, 6.45) is 3.68. The molecule has 0 bridgehead atoms. The summed E-state index contributed by atoms with van der Waals surface area (Å²) in [5.74, 6) is 3.32. The van der Waals surface area contributed by atoms with Crippen LogP contribution in [-0.2, 0) is 18.5 Å². The molecule has 1 aliphatic heterocycles. The minimum absolute atomic E-state index is 0.0489. The van der Waals surface area contributed by atoms with Gasteiger partial charge in [0.1, 0.15) is 11.6 Å². The minimum atomic E-state index is -0.0489. The van der Waals surface area contributed by atoms with Gasteiger partial charge in [-0.15, -0.1) is 0 Å². The van der Waals surface area contributed by atoms with Gasteiger partial charge < -0.3 is 24.9 Å². The molecule has 8 heteroatoms. The van der Waals surface area contributed by atoms with E-state index in [1.807, 2.05) is 12.3 Å². The third kappa shape index (κ3) is 6.19. The van der Waals surface area contributed by atoms with Crippen LogP contribution in [0.5, 0.6) is 0 Å². The van der Waals surface area contributed by atoms with Crippen molar-refractivity contribution in [3.8, 4) is 0 Å². The highest BCUT2D eigenvalue weighted by Crippen LogP contribution is 2.22. The van der Waals surface area contributed by atoms with Crippen LogP contribution >= 0.6 is 0 Å². The molecular formula is C22H35N7O. The second-order valence-corrected chi connectivity index (χ2v) is 8.73. The molecule has 0 saturated carbocycles. The number of hydrogen-bond acceptors (Lipinski definition) is 6. The van der Waals surface area contributed by atoms with Crippen molar-refractivity contribution in [1.29, 1.82) is 0 Å². The lowest BCUT2D eigenvalue weighted by Crippen LogP contribution is -2.44. The van der Waals surface area contributed by atoms with Crippen molar-refractivity contribution in [2.24, 2.45) is 4.99 Å². The van der Waals surface area contributed by atoms with Crippen molar-refractivity contribution in [2.75, 3.05) is 44.7 Å². The molecule has 3 rings (SSSR count). The smallest absolute Gasteiger partial charge is 0.213 e. The van der Waals surface area contributed by atoms with E-state index in [-0.39, 0.29) is 5.41 Å². The number of nitrogens with zero attached hydrogens (tertiary/aromatic N) is 5. The maximum absolute atomic E-state index is 5.86. The van der Waals surface area contributed by atoms with E-state index in [1.54, 1.807) is 6.20 Å². The van der Waals surface area contributed by atoms with Crippen molar-refractivity contribution >= 4 is 11.8 Å². The summed E-state index contributed by atoms with van der Waals surface area (Å²) in [4.78, 5) is 18.3. The van der Waals surface area contributed by atoms with Gasteiger partial charge >= 0.3 is 0 Å². The zero-order valence-electron chi connectivity index (χ0n) is 18.9. The number of aliphatic imine (C=N–C) groups is 1. The molecular weight excluding hydrogens is 378 g/mol. The molecule has 0 aliphatic carbocycles. The molecule has 2 aromatic rings. The number of hydrogen-bond donors (Lipinski definition) is 2. The predicted octanol–water partition coefficient (Wildman–Crippen LogP) is 2.37. The quantitative estimate of drug-likeness (QED) is 0.556. The highest BCUT2D eigenvalue weighted by Gasteiger charge is 2.19. The number of pyridine rings is 1. The van der Waals surface area contributed by atoms with Gasteiger partial charge in [-0.1, -0.05) is 20.8 Å². The first-order valence-corrected chi connectivity index (χ1v) is 10.7. The fourth-order valence-electron chi connectivity index (χ4n) is 3.18. The first-order chi connectivity index (χ1) is 14.3. The van der Waals surface area contributed by atoms with Crippen LogP contribution in [0.4, 0.5) is 5.82 Å². The van der Waals surface area contributed by atoms with Crippen LogP contribution < -0.4 is 15.5 Å². The fraction of sp³-hybridized carbons (Fsp3) is 0.591. The normalized spacial score (nSPS) is 16.0. The van der Waals surface area contributed by atoms with E-state index in [9.17, 15) is 0 Å². The van der Waals surface area contributed by atoms with E-state index in [2.05, 4.69) is 71.2 Å². The number of rotatable bonds is 6. The average molecular weight is 414 g/mol. The third-order valence-corrected chi connectivity index (χ3v) is 5.10. The fourth-order valence-corrected chi connectivity index (χ4v) is 3.18. The summed E-state index contributed by atoms with van der Waals surface area (Å²) >= 11 is 0. The van der Waals surface area contributed by atoms with Crippen molar-refractivity contribution in [3.63, 3.8) is 0 Å². The monoisotopic (exact) mass is 413 g/mol. The summed E-state index contributed by atoms with van der Waals surface area (Å²) in [6.45, 7) is 14.4. The van der Waals surface area contributed by atoms with Crippen LogP contribution in [-0.4, -0.2) is 60.6 Å². The number of nitrogens with one attached hydrogen (secondary N) is 2. The summed E-state index contributed by atoms with van der Waals surface area (Å²) < 4.78 is 5.86. The zero-order chi connectivity index (χ0) is 21.6. The molecule has 0 atom stereocenters. The van der Waals surface area contributed by atoms with E-state index in [0.717, 1.165) is 55.8 Å². The Bertz CT molecular complexity index is 832. The number of aromatic nitrogens is 2. The Kier molecular flexibility index (Phi) is 7.31. The van der Waals surface area contributed by atoms with Gasteiger partial charge in [0.15, 0.2) is 5.96 Å². The minimum Gasteiger partial charge on any atom is -0.443 e. The second kappa shape index (κ2) is 9.93. The maximum Gasteiger partial charge on any atom is 0.213 e. The second-order valence-electron chi connectivity index (χ2n) is 8.73. The molecule has 8 nitrogen and oxygen atoms in total. The van der Waals surface area contributed by atoms with Gasteiger partial charge in [0, 0.05) is 44.3 Å². The van der Waals surface area contributed by atoms with E-state index >= 15 is 0 Å². The van der Waals surface area contributed by atoms with Gasteiger partial charge in [-0.2, -0.15) is 0 Å². The Hall–Kier alpha value is -2.61. The van der Waals surface area contributed by atoms with Crippen LogP contribution in [0.25, 0.3) is 0 Å². The number of anilines is 1. The Morgan fingerprint density at radius 3 is 2.60 bits per heavy atom. The SMILES string of the molecule is CCNC(=NCc1ccnc(N2CCN(C)CC2)c1)NCc1ncc(C(C)(C)C)o1. The first-order valence-electron chi connectivity index (χ1n) is 10.7. The lowest BCUT2D eigenvalue weighted by Gasteiger charge is -2.33. The van der Waals surface area contributed by atoms with Crippen molar-refractivity contribution in [2.45, 2.75) is 46.2 Å². The van der Waals surface area contributed by atoms with Gasteiger partial charge in [0.05, 0.1) is 19.3 Å². The Morgan fingerprint density at radius 2 is 1.93 bits per heavy atom. The van der Waals surface area contributed by atoms with Crippen LogP contribution in [0, 0.1) is 0 Å². The number of piperazine rings is 1. The van der Waals surface area contributed by atoms with Crippen LogP contribution in [0.15, 0.2) is 33.9 Å². The van der Waals surface area contributed by atoms with Crippen LogP contribution in [0.2, 0.25) is 0 Å². The molecule has 0 unspecified atom stereocenters. The lowest BCUT2D eigenvalue weighted by molar-refractivity contribution is 0.312. The number of guanidine groups is 1. The van der Waals surface area contributed by atoms with Gasteiger partial charge in [0.25, 0.3) is 0 Å². The van der Waals surface area contributed by atoms with Crippen molar-refractivity contribution in [3.05, 3.63) is 41.7 Å². The van der Waals surface area contributed by atoms with Gasteiger partial charge in [-0.3, -0.25) is 0 Å². The molecule has 2 aromatic heterocycles. The molecule has 30 heavy (non-hydrogen) atoms. The molecule has 1 aliphatic rings. The molecule has 0 amide bonds. The molecule has 2 N–H and O–H groups in total. The van der Waals surface area contributed by atoms with Crippen LogP contribution in [0.3, 0.4) is 0 Å². The Labute approximate surface area is 179 Å². The Morgan fingerprint density at radius 1 is 1.17 bits per heavy atom. The topological polar surface area (TPSA) is 81.8 Å². The average Bonchev–Trinajstić information content (AvgIpc) is 3.20. The van der Waals surface area contributed by atoms with Crippen molar-refractivity contribution < 1.29 is 4.42 Å². The zero-order valence-corrected chi connectivity index (χ0v) is 18.9. The Balaban J connectivity index is 1.60. The summed E-state index contributed by atoms with van der Waals surface area (Å²) in [5, 5.41) is 6.59. The molecule has 3 heterocycles. The molecule has 164 valence electrons. The first kappa shape index (κ1) is 22.1. The lowest BCUT2D eigenvalue weighted by atomic mass is 9.94. The largest absolute Gasteiger partial charge is 0.443 e. The standard InChI is InChI=1S/C22H35N7O/c1-6-23-21(27-16-20-25-15-18(30-20)22(2,3)4)26-14-17-7-8-24-19(13-17)29-11-9-28(5)10-12-29/h7-8,13,15H,6,9-12,14,16H2,1-5H3,(H2,23,26,27). The van der Waals surface area contributed by atoms with Crippen molar-refractivity contribution in [1.82, 2.24) is 25.5 Å². The maximum atomic E-state index is 5.86. The molecule has 0 spiro atoms. The molecule has 0 radical (unpaired) electrons. The van der Waals surface area contributed by atoms with Crippen LogP contribution in [0.1, 0.15) is 44.9 Å². The highest BCUT2D eigenvalue weighted by atomic mass is 16.4. The molecule has 0 aromatic carbocycles. The van der Waals surface area contributed by atoms with E-state index in [1.165, 1.54) is 0 Å². The summed E-state index contributed by atoms with van der Waals surface area (Å²) in [6, 6.07) is 4.17. The molecule has 1 saturated heterocycles. The number of oxazole rings is 1. The molecule has 1 fully saturated rings. The van der Waals surface area contributed by atoms with Gasteiger partial charge in [-0.05, 0) is 31.7 Å².